The standard InChI is InChI=1S/C13H23N3O2/c1-5-6-18-11(4)13(17)14-7-12-8-15-16(9-12)10(2)3/h8-11H,5-7H2,1-4H3,(H,14,17)/t11-/m0/s1. The van der Waals surface area contributed by atoms with Crippen molar-refractivity contribution in [2.24, 2.45) is 0 Å². The summed E-state index contributed by atoms with van der Waals surface area (Å²) in [5.74, 6) is -0.0826. The lowest BCUT2D eigenvalue weighted by Gasteiger charge is -2.12. The summed E-state index contributed by atoms with van der Waals surface area (Å²) in [4.78, 5) is 11.7. The fourth-order valence-electron chi connectivity index (χ4n) is 1.45. The molecule has 1 rings (SSSR count). The van der Waals surface area contributed by atoms with Crippen molar-refractivity contribution in [2.45, 2.75) is 52.8 Å². The Morgan fingerprint density at radius 3 is 2.78 bits per heavy atom. The molecule has 0 saturated carbocycles. The quantitative estimate of drug-likeness (QED) is 0.807. The summed E-state index contributed by atoms with van der Waals surface area (Å²) in [7, 11) is 0. The van der Waals surface area contributed by atoms with E-state index in [1.165, 1.54) is 0 Å². The van der Waals surface area contributed by atoms with Crippen molar-refractivity contribution >= 4 is 5.91 Å². The Labute approximate surface area is 109 Å². The number of hydrogen-bond acceptors (Lipinski definition) is 3. The first-order valence-corrected chi connectivity index (χ1v) is 6.47. The zero-order valence-electron chi connectivity index (χ0n) is 11.6. The Morgan fingerprint density at radius 1 is 1.50 bits per heavy atom. The second-order valence-corrected chi connectivity index (χ2v) is 4.65. The molecule has 1 heterocycles. The minimum atomic E-state index is -0.398. The van der Waals surface area contributed by atoms with Crippen LogP contribution in [0.1, 0.15) is 45.7 Å². The molecule has 1 atom stereocenters. The van der Waals surface area contributed by atoms with Crippen molar-refractivity contribution in [3.63, 3.8) is 0 Å². The number of carbonyl (C=O) groups is 1. The molecule has 0 bridgehead atoms. The molecular formula is C13H23N3O2. The molecule has 0 saturated heterocycles. The van der Waals surface area contributed by atoms with Gasteiger partial charge >= 0.3 is 0 Å². The van der Waals surface area contributed by atoms with E-state index in [-0.39, 0.29) is 5.91 Å². The van der Waals surface area contributed by atoms with Gasteiger partial charge in [-0.2, -0.15) is 5.10 Å². The van der Waals surface area contributed by atoms with E-state index in [4.69, 9.17) is 4.74 Å². The smallest absolute Gasteiger partial charge is 0.249 e. The highest BCUT2D eigenvalue weighted by atomic mass is 16.5. The van der Waals surface area contributed by atoms with Crippen LogP contribution in [0.25, 0.3) is 0 Å². The first kappa shape index (κ1) is 14.7. The highest BCUT2D eigenvalue weighted by Gasteiger charge is 2.12. The minimum Gasteiger partial charge on any atom is -0.369 e. The van der Waals surface area contributed by atoms with Crippen molar-refractivity contribution in [2.75, 3.05) is 6.61 Å². The van der Waals surface area contributed by atoms with Crippen LogP contribution in [0.3, 0.4) is 0 Å². The molecule has 0 spiro atoms. The van der Waals surface area contributed by atoms with Crippen LogP contribution in [0.4, 0.5) is 0 Å². The third-order valence-corrected chi connectivity index (χ3v) is 2.59. The Morgan fingerprint density at radius 2 is 2.22 bits per heavy atom. The maximum atomic E-state index is 11.7. The molecule has 0 aliphatic heterocycles. The van der Waals surface area contributed by atoms with Crippen LogP contribution < -0.4 is 5.32 Å². The Balaban J connectivity index is 2.37. The normalized spacial score (nSPS) is 12.7. The van der Waals surface area contributed by atoms with Gasteiger partial charge in [-0.1, -0.05) is 6.92 Å². The molecule has 102 valence electrons. The lowest BCUT2D eigenvalue weighted by Crippen LogP contribution is -2.34. The number of nitrogens with zero attached hydrogens (tertiary/aromatic N) is 2. The third kappa shape index (κ3) is 4.49. The van der Waals surface area contributed by atoms with Crippen LogP contribution in [-0.2, 0) is 16.1 Å². The second kappa shape index (κ2) is 7.16. The van der Waals surface area contributed by atoms with Gasteiger partial charge < -0.3 is 10.1 Å². The molecule has 0 radical (unpaired) electrons. The largest absolute Gasteiger partial charge is 0.369 e. The highest BCUT2D eigenvalue weighted by molar-refractivity contribution is 5.80. The van der Waals surface area contributed by atoms with Crippen LogP contribution in [0.15, 0.2) is 12.4 Å². The number of rotatable bonds is 7. The fourth-order valence-corrected chi connectivity index (χ4v) is 1.45. The summed E-state index contributed by atoms with van der Waals surface area (Å²) in [5, 5.41) is 7.06. The molecule has 0 aromatic carbocycles. The molecule has 1 N–H and O–H groups in total. The van der Waals surface area contributed by atoms with Crippen molar-refractivity contribution < 1.29 is 9.53 Å². The van der Waals surface area contributed by atoms with Crippen molar-refractivity contribution in [3.8, 4) is 0 Å². The van der Waals surface area contributed by atoms with E-state index >= 15 is 0 Å². The average molecular weight is 253 g/mol. The van der Waals surface area contributed by atoms with E-state index in [0.717, 1.165) is 12.0 Å². The monoisotopic (exact) mass is 253 g/mol. The van der Waals surface area contributed by atoms with E-state index in [1.54, 1.807) is 13.1 Å². The van der Waals surface area contributed by atoms with Gasteiger partial charge in [0.2, 0.25) is 5.91 Å². The van der Waals surface area contributed by atoms with Crippen molar-refractivity contribution in [3.05, 3.63) is 18.0 Å². The van der Waals surface area contributed by atoms with Gasteiger partial charge in [-0.15, -0.1) is 0 Å². The van der Waals surface area contributed by atoms with E-state index < -0.39 is 6.10 Å². The van der Waals surface area contributed by atoms with Gasteiger partial charge in [-0.05, 0) is 27.2 Å². The van der Waals surface area contributed by atoms with Crippen LogP contribution in [0, 0.1) is 0 Å². The SMILES string of the molecule is CCCO[C@@H](C)C(=O)NCc1cnn(C(C)C)c1. The molecule has 0 unspecified atom stereocenters. The fraction of sp³-hybridized carbons (Fsp3) is 0.692. The van der Waals surface area contributed by atoms with Crippen molar-refractivity contribution in [1.82, 2.24) is 15.1 Å². The average Bonchev–Trinajstić information content (AvgIpc) is 2.81. The minimum absolute atomic E-state index is 0.0826. The Hall–Kier alpha value is -1.36. The molecule has 0 aliphatic carbocycles. The highest BCUT2D eigenvalue weighted by Crippen LogP contribution is 2.05. The number of nitrogens with one attached hydrogen (secondary N) is 1. The lowest BCUT2D eigenvalue weighted by atomic mass is 10.3. The van der Waals surface area contributed by atoms with Crippen LogP contribution >= 0.6 is 0 Å². The first-order valence-electron chi connectivity index (χ1n) is 6.47. The zero-order valence-corrected chi connectivity index (χ0v) is 11.6. The number of amides is 1. The van der Waals surface area contributed by atoms with Gasteiger partial charge in [0.25, 0.3) is 0 Å². The van der Waals surface area contributed by atoms with Crippen LogP contribution in [0.2, 0.25) is 0 Å². The summed E-state index contributed by atoms with van der Waals surface area (Å²) in [6, 6.07) is 0.335. The number of aromatic nitrogens is 2. The molecule has 1 aromatic rings. The van der Waals surface area contributed by atoms with Gasteiger partial charge in [0, 0.05) is 31.0 Å². The van der Waals surface area contributed by atoms with E-state index in [1.807, 2.05) is 17.8 Å². The Bertz CT molecular complexity index is 374. The maximum Gasteiger partial charge on any atom is 0.249 e. The summed E-state index contributed by atoms with van der Waals surface area (Å²) < 4.78 is 7.23. The van der Waals surface area contributed by atoms with Gasteiger partial charge in [0.05, 0.1) is 6.20 Å². The molecule has 5 heteroatoms. The molecule has 1 aromatic heterocycles. The lowest BCUT2D eigenvalue weighted by molar-refractivity contribution is -0.131. The van der Waals surface area contributed by atoms with Crippen LogP contribution in [-0.4, -0.2) is 28.4 Å². The van der Waals surface area contributed by atoms with Gasteiger partial charge in [-0.25, -0.2) is 0 Å². The van der Waals surface area contributed by atoms with E-state index in [9.17, 15) is 4.79 Å². The van der Waals surface area contributed by atoms with Gasteiger partial charge in [-0.3, -0.25) is 9.48 Å². The summed E-state index contributed by atoms with van der Waals surface area (Å²) >= 11 is 0. The topological polar surface area (TPSA) is 56.1 Å². The first-order chi connectivity index (χ1) is 8.54. The number of hydrogen-bond donors (Lipinski definition) is 1. The number of ether oxygens (including phenoxy) is 1. The molecule has 5 nitrogen and oxygen atoms in total. The van der Waals surface area contributed by atoms with Gasteiger partial charge in [0.15, 0.2) is 0 Å². The summed E-state index contributed by atoms with van der Waals surface area (Å²) in [6.07, 6.45) is 4.24. The van der Waals surface area contributed by atoms with E-state index in [2.05, 4.69) is 24.3 Å². The molecule has 0 aliphatic rings. The predicted octanol–water partition coefficient (Wildman–Crippen LogP) is 1.90. The molecule has 0 fully saturated rings. The van der Waals surface area contributed by atoms with Crippen LogP contribution in [0.5, 0.6) is 0 Å². The summed E-state index contributed by atoms with van der Waals surface area (Å²) in [6.45, 7) is 9.02. The van der Waals surface area contributed by atoms with E-state index in [0.29, 0.717) is 19.2 Å². The summed E-state index contributed by atoms with van der Waals surface area (Å²) in [5.41, 5.74) is 1.000. The van der Waals surface area contributed by atoms with Crippen molar-refractivity contribution in [1.29, 1.82) is 0 Å². The Kier molecular flexibility index (Phi) is 5.85. The molecule has 18 heavy (non-hydrogen) atoms. The zero-order chi connectivity index (χ0) is 13.5. The van der Waals surface area contributed by atoms with Gasteiger partial charge in [0.1, 0.15) is 6.10 Å². The predicted molar refractivity (Wildman–Crippen MR) is 70.2 cm³/mol. The molecular weight excluding hydrogens is 230 g/mol. The second-order valence-electron chi connectivity index (χ2n) is 4.65. The third-order valence-electron chi connectivity index (χ3n) is 2.59. The number of carbonyl (C=O) groups excluding carboxylic acids is 1. The maximum absolute atomic E-state index is 11.7. The molecule has 1 amide bonds.